The van der Waals surface area contributed by atoms with Crippen molar-refractivity contribution in [2.75, 3.05) is 39.9 Å². The molecular formula is C12H23N5O2. The van der Waals surface area contributed by atoms with E-state index in [0.29, 0.717) is 18.5 Å². The quantitative estimate of drug-likeness (QED) is 0.758. The number of hydrogen-bond acceptors (Lipinski definition) is 7. The smallest absolute Gasteiger partial charge is 0.240 e. The van der Waals surface area contributed by atoms with Crippen LogP contribution in [-0.2, 0) is 17.8 Å². The first-order valence-corrected chi connectivity index (χ1v) is 6.69. The first-order chi connectivity index (χ1) is 9.22. The first-order valence-electron chi connectivity index (χ1n) is 6.69. The Morgan fingerprint density at radius 1 is 1.47 bits per heavy atom. The second kappa shape index (κ2) is 6.95. The summed E-state index contributed by atoms with van der Waals surface area (Å²) in [4.78, 5) is 9.03. The molecule has 0 aromatic carbocycles. The maximum atomic E-state index is 5.45. The Bertz CT molecular complexity index is 384. The van der Waals surface area contributed by atoms with Crippen LogP contribution in [0.25, 0.3) is 0 Å². The molecule has 108 valence electrons. The second-order valence-electron chi connectivity index (χ2n) is 4.92. The molecule has 0 amide bonds. The van der Waals surface area contributed by atoms with E-state index < -0.39 is 0 Å². The third kappa shape index (κ3) is 3.97. The molecule has 1 saturated heterocycles. The van der Waals surface area contributed by atoms with Crippen molar-refractivity contribution in [3.05, 3.63) is 11.7 Å². The van der Waals surface area contributed by atoms with E-state index in [2.05, 4.69) is 26.9 Å². The van der Waals surface area contributed by atoms with Gasteiger partial charge < -0.3 is 15.0 Å². The van der Waals surface area contributed by atoms with Crippen molar-refractivity contribution in [1.29, 1.82) is 0 Å². The van der Waals surface area contributed by atoms with Gasteiger partial charge in [0.2, 0.25) is 5.89 Å². The van der Waals surface area contributed by atoms with E-state index in [0.717, 1.165) is 45.2 Å². The molecule has 1 aliphatic rings. The Balaban J connectivity index is 1.81. The van der Waals surface area contributed by atoms with Crippen LogP contribution in [0.3, 0.4) is 0 Å². The Morgan fingerprint density at radius 3 is 2.95 bits per heavy atom. The summed E-state index contributed by atoms with van der Waals surface area (Å²) in [6, 6.07) is 0.518. The molecule has 1 aromatic heterocycles. The SMILES string of the molecule is COCCN1CCN(Cc2noc(CN)n2)CC1C. The molecule has 2 rings (SSSR count). The van der Waals surface area contributed by atoms with Crippen LogP contribution >= 0.6 is 0 Å². The molecule has 0 radical (unpaired) electrons. The highest BCUT2D eigenvalue weighted by atomic mass is 16.5. The molecule has 0 bridgehead atoms. The summed E-state index contributed by atoms with van der Waals surface area (Å²) < 4.78 is 10.1. The lowest BCUT2D eigenvalue weighted by Gasteiger charge is -2.39. The van der Waals surface area contributed by atoms with Crippen LogP contribution in [0.15, 0.2) is 4.52 Å². The number of hydrogen-bond donors (Lipinski definition) is 1. The lowest BCUT2D eigenvalue weighted by molar-refractivity contribution is 0.0543. The molecule has 1 atom stereocenters. The summed E-state index contributed by atoms with van der Waals surface area (Å²) in [7, 11) is 1.74. The minimum absolute atomic E-state index is 0.300. The predicted octanol–water partition coefficient (Wildman–Crippen LogP) is -0.319. The lowest BCUT2D eigenvalue weighted by atomic mass is 10.2. The summed E-state index contributed by atoms with van der Waals surface area (Å²) in [5.41, 5.74) is 5.45. The van der Waals surface area contributed by atoms with Crippen molar-refractivity contribution in [3.63, 3.8) is 0 Å². The number of methoxy groups -OCH3 is 1. The minimum Gasteiger partial charge on any atom is -0.383 e. The molecule has 2 heterocycles. The van der Waals surface area contributed by atoms with E-state index in [1.165, 1.54) is 0 Å². The van der Waals surface area contributed by atoms with E-state index >= 15 is 0 Å². The third-order valence-electron chi connectivity index (χ3n) is 3.48. The standard InChI is InChI=1S/C12H23N5O2/c1-10-8-16(3-4-17(10)5-6-18-2)9-11-14-12(7-13)19-15-11/h10H,3-9,13H2,1-2H3. The molecule has 2 N–H and O–H groups in total. The van der Waals surface area contributed by atoms with E-state index in [9.17, 15) is 0 Å². The average Bonchev–Trinajstić information content (AvgIpc) is 2.85. The van der Waals surface area contributed by atoms with Crippen molar-refractivity contribution >= 4 is 0 Å². The highest BCUT2D eigenvalue weighted by Gasteiger charge is 2.24. The van der Waals surface area contributed by atoms with Crippen LogP contribution in [-0.4, -0.2) is 65.9 Å². The van der Waals surface area contributed by atoms with E-state index in [1.54, 1.807) is 7.11 Å². The van der Waals surface area contributed by atoms with Crippen LogP contribution in [0.2, 0.25) is 0 Å². The molecule has 19 heavy (non-hydrogen) atoms. The summed E-state index contributed by atoms with van der Waals surface area (Å²) in [6.45, 7) is 8.12. The fraction of sp³-hybridized carbons (Fsp3) is 0.833. The van der Waals surface area contributed by atoms with Gasteiger partial charge in [-0.2, -0.15) is 4.98 Å². The number of aromatic nitrogens is 2. The summed E-state index contributed by atoms with van der Waals surface area (Å²) >= 11 is 0. The maximum absolute atomic E-state index is 5.45. The van der Waals surface area contributed by atoms with Gasteiger partial charge in [-0.25, -0.2) is 0 Å². The Kier molecular flexibility index (Phi) is 5.26. The number of rotatable bonds is 6. The van der Waals surface area contributed by atoms with Crippen molar-refractivity contribution in [2.24, 2.45) is 5.73 Å². The highest BCUT2D eigenvalue weighted by molar-refractivity contribution is 4.88. The lowest BCUT2D eigenvalue weighted by Crippen LogP contribution is -2.52. The minimum atomic E-state index is 0.300. The van der Waals surface area contributed by atoms with Gasteiger partial charge in [-0.15, -0.1) is 0 Å². The molecule has 1 fully saturated rings. The van der Waals surface area contributed by atoms with E-state index in [1.807, 2.05) is 0 Å². The summed E-state index contributed by atoms with van der Waals surface area (Å²) in [5.74, 6) is 1.22. The van der Waals surface area contributed by atoms with Gasteiger partial charge in [-0.3, -0.25) is 9.80 Å². The molecule has 0 saturated carbocycles. The van der Waals surface area contributed by atoms with Gasteiger partial charge >= 0.3 is 0 Å². The van der Waals surface area contributed by atoms with Gasteiger partial charge in [0.05, 0.1) is 19.7 Å². The largest absolute Gasteiger partial charge is 0.383 e. The summed E-state index contributed by atoms with van der Waals surface area (Å²) in [6.07, 6.45) is 0. The number of ether oxygens (including phenoxy) is 1. The van der Waals surface area contributed by atoms with Crippen LogP contribution in [0.1, 0.15) is 18.6 Å². The molecule has 1 aromatic rings. The van der Waals surface area contributed by atoms with Gasteiger partial charge in [0.15, 0.2) is 5.82 Å². The topological polar surface area (TPSA) is 80.7 Å². The van der Waals surface area contributed by atoms with Gasteiger partial charge in [-0.05, 0) is 6.92 Å². The van der Waals surface area contributed by atoms with E-state index in [4.69, 9.17) is 15.0 Å². The monoisotopic (exact) mass is 269 g/mol. The van der Waals surface area contributed by atoms with Gasteiger partial charge in [0.25, 0.3) is 0 Å². The fourth-order valence-electron chi connectivity index (χ4n) is 2.39. The van der Waals surface area contributed by atoms with E-state index in [-0.39, 0.29) is 0 Å². The number of nitrogens with zero attached hydrogens (tertiary/aromatic N) is 4. The zero-order valence-electron chi connectivity index (χ0n) is 11.7. The molecular weight excluding hydrogens is 246 g/mol. The van der Waals surface area contributed by atoms with Crippen LogP contribution < -0.4 is 5.73 Å². The summed E-state index contributed by atoms with van der Waals surface area (Å²) in [5, 5.41) is 3.93. The van der Waals surface area contributed by atoms with Crippen LogP contribution in [0.5, 0.6) is 0 Å². The highest BCUT2D eigenvalue weighted by Crippen LogP contribution is 2.11. The van der Waals surface area contributed by atoms with Crippen molar-refractivity contribution < 1.29 is 9.26 Å². The maximum Gasteiger partial charge on any atom is 0.240 e. The van der Waals surface area contributed by atoms with Gasteiger partial charge in [-0.1, -0.05) is 5.16 Å². The molecule has 0 aliphatic carbocycles. The average molecular weight is 269 g/mol. The molecule has 7 nitrogen and oxygen atoms in total. The van der Waals surface area contributed by atoms with Crippen molar-refractivity contribution in [2.45, 2.75) is 26.1 Å². The molecule has 0 spiro atoms. The zero-order chi connectivity index (χ0) is 13.7. The van der Waals surface area contributed by atoms with Gasteiger partial charge in [0, 0.05) is 39.3 Å². The Morgan fingerprint density at radius 2 is 2.32 bits per heavy atom. The molecule has 1 aliphatic heterocycles. The Hall–Kier alpha value is -1.02. The molecule has 1 unspecified atom stereocenters. The first kappa shape index (κ1) is 14.4. The van der Waals surface area contributed by atoms with Gasteiger partial charge in [0.1, 0.15) is 0 Å². The fourth-order valence-corrected chi connectivity index (χ4v) is 2.39. The van der Waals surface area contributed by atoms with Crippen molar-refractivity contribution in [1.82, 2.24) is 19.9 Å². The second-order valence-corrected chi connectivity index (χ2v) is 4.92. The zero-order valence-corrected chi connectivity index (χ0v) is 11.7. The van der Waals surface area contributed by atoms with Crippen LogP contribution in [0, 0.1) is 0 Å². The number of nitrogens with two attached hydrogens (primary N) is 1. The number of piperazine rings is 1. The molecule has 7 heteroatoms. The Labute approximate surface area is 113 Å². The van der Waals surface area contributed by atoms with Crippen LogP contribution in [0.4, 0.5) is 0 Å². The third-order valence-corrected chi connectivity index (χ3v) is 3.48. The predicted molar refractivity (Wildman–Crippen MR) is 70.4 cm³/mol. The van der Waals surface area contributed by atoms with Crippen molar-refractivity contribution in [3.8, 4) is 0 Å². The normalized spacial score (nSPS) is 21.9.